The van der Waals surface area contributed by atoms with Crippen LogP contribution >= 0.6 is 0 Å². The van der Waals surface area contributed by atoms with Crippen molar-refractivity contribution in [2.24, 2.45) is 23.7 Å². The molecule has 0 saturated carbocycles. The molecule has 0 aromatic rings. The minimum absolute atomic E-state index is 0.714. The summed E-state index contributed by atoms with van der Waals surface area (Å²) in [7, 11) is 0. The molecule has 0 radical (unpaired) electrons. The highest BCUT2D eigenvalue weighted by atomic mass is 14.1. The Bertz CT molecular complexity index is 115. The molecule has 72 valence electrons. The van der Waals surface area contributed by atoms with Crippen LogP contribution in [-0.4, -0.2) is 0 Å². The first kappa shape index (κ1) is 11.7. The molecular weight excluding hydrogens is 144 g/mol. The van der Waals surface area contributed by atoms with Crippen molar-refractivity contribution in [1.82, 2.24) is 0 Å². The van der Waals surface area contributed by atoms with Crippen LogP contribution < -0.4 is 0 Å². The summed E-state index contributed by atoms with van der Waals surface area (Å²) in [6, 6.07) is 0. The van der Waals surface area contributed by atoms with E-state index in [0.717, 1.165) is 11.8 Å². The average Bonchev–Trinajstić information content (AvgIpc) is 1.98. The van der Waals surface area contributed by atoms with Gasteiger partial charge in [0.2, 0.25) is 0 Å². The van der Waals surface area contributed by atoms with Crippen LogP contribution in [-0.2, 0) is 0 Å². The third kappa shape index (κ3) is 4.58. The molecule has 0 aliphatic heterocycles. The molecule has 0 N–H and O–H groups in total. The monoisotopic (exact) mass is 168 g/mol. The zero-order chi connectivity index (χ0) is 9.72. The molecule has 0 fully saturated rings. The number of rotatable bonds is 4. The molecule has 0 heterocycles. The normalized spacial score (nSPS) is 17.7. The minimum atomic E-state index is 0.714. The molecular formula is C12H24. The molecule has 2 atom stereocenters. The summed E-state index contributed by atoms with van der Waals surface area (Å²) < 4.78 is 0. The topological polar surface area (TPSA) is 0 Å². The van der Waals surface area contributed by atoms with E-state index in [2.05, 4.69) is 53.7 Å². The van der Waals surface area contributed by atoms with E-state index in [-0.39, 0.29) is 0 Å². The zero-order valence-electron chi connectivity index (χ0n) is 9.46. The number of hydrogen-bond acceptors (Lipinski definition) is 0. The summed E-state index contributed by atoms with van der Waals surface area (Å²) in [5, 5.41) is 0. The SMILES string of the molecule is CC(C)[C@@H](C)/C=C/[C@H](C)C(C)C. The van der Waals surface area contributed by atoms with Gasteiger partial charge in [-0.05, 0) is 23.7 Å². The lowest BCUT2D eigenvalue weighted by Crippen LogP contribution is -2.03. The summed E-state index contributed by atoms with van der Waals surface area (Å²) in [5.41, 5.74) is 0. The highest BCUT2D eigenvalue weighted by molar-refractivity contribution is 4.91. The van der Waals surface area contributed by atoms with Crippen LogP contribution in [0.2, 0.25) is 0 Å². The molecule has 0 rings (SSSR count). The lowest BCUT2D eigenvalue weighted by atomic mass is 9.92. The van der Waals surface area contributed by atoms with Crippen molar-refractivity contribution in [3.63, 3.8) is 0 Å². The van der Waals surface area contributed by atoms with Crippen LogP contribution in [0.25, 0.3) is 0 Å². The first-order valence-corrected chi connectivity index (χ1v) is 5.13. The molecule has 0 heteroatoms. The van der Waals surface area contributed by atoms with E-state index in [4.69, 9.17) is 0 Å². The third-order valence-electron chi connectivity index (χ3n) is 2.82. The molecule has 0 amide bonds. The Morgan fingerprint density at radius 1 is 0.583 bits per heavy atom. The van der Waals surface area contributed by atoms with Gasteiger partial charge in [-0.3, -0.25) is 0 Å². The summed E-state index contributed by atoms with van der Waals surface area (Å²) in [6.07, 6.45) is 4.71. The van der Waals surface area contributed by atoms with E-state index < -0.39 is 0 Å². The maximum Gasteiger partial charge on any atom is -0.0239 e. The van der Waals surface area contributed by atoms with Crippen molar-refractivity contribution in [1.29, 1.82) is 0 Å². The van der Waals surface area contributed by atoms with Crippen molar-refractivity contribution in [2.75, 3.05) is 0 Å². The van der Waals surface area contributed by atoms with E-state index in [1.165, 1.54) is 0 Å². The highest BCUT2D eigenvalue weighted by Gasteiger charge is 2.05. The van der Waals surface area contributed by atoms with Crippen LogP contribution in [0, 0.1) is 23.7 Å². The van der Waals surface area contributed by atoms with Gasteiger partial charge in [0.1, 0.15) is 0 Å². The fourth-order valence-electron chi connectivity index (χ4n) is 0.795. The van der Waals surface area contributed by atoms with E-state index in [1.807, 2.05) is 0 Å². The Morgan fingerprint density at radius 3 is 1.00 bits per heavy atom. The molecule has 0 aliphatic carbocycles. The van der Waals surface area contributed by atoms with Crippen LogP contribution in [0.3, 0.4) is 0 Å². The van der Waals surface area contributed by atoms with Crippen LogP contribution in [0.5, 0.6) is 0 Å². The summed E-state index contributed by atoms with van der Waals surface area (Å²) in [6.45, 7) is 13.7. The summed E-state index contributed by atoms with van der Waals surface area (Å²) in [4.78, 5) is 0. The van der Waals surface area contributed by atoms with Gasteiger partial charge >= 0.3 is 0 Å². The molecule has 0 bridgehead atoms. The van der Waals surface area contributed by atoms with Gasteiger partial charge < -0.3 is 0 Å². The molecule has 0 unspecified atom stereocenters. The standard InChI is InChI=1S/C12H24/c1-9(2)11(5)7-8-12(6)10(3)4/h7-12H,1-6H3/b8-7+/t11-,12-/m0/s1. The van der Waals surface area contributed by atoms with Gasteiger partial charge in [-0.15, -0.1) is 0 Å². The van der Waals surface area contributed by atoms with Crippen molar-refractivity contribution < 1.29 is 0 Å². The number of hydrogen-bond donors (Lipinski definition) is 0. The minimum Gasteiger partial charge on any atom is -0.0852 e. The lowest BCUT2D eigenvalue weighted by molar-refractivity contribution is 0.478. The third-order valence-corrected chi connectivity index (χ3v) is 2.82. The second kappa shape index (κ2) is 5.40. The lowest BCUT2D eigenvalue weighted by Gasteiger charge is -2.13. The molecule has 0 aliphatic rings. The zero-order valence-corrected chi connectivity index (χ0v) is 9.46. The molecule has 0 spiro atoms. The van der Waals surface area contributed by atoms with Crippen LogP contribution in [0.4, 0.5) is 0 Å². The predicted octanol–water partition coefficient (Wildman–Crippen LogP) is 4.13. The Labute approximate surface area is 78.1 Å². The van der Waals surface area contributed by atoms with Gasteiger partial charge in [0.15, 0.2) is 0 Å². The second-order valence-corrected chi connectivity index (χ2v) is 4.59. The molecule has 0 aromatic heterocycles. The van der Waals surface area contributed by atoms with Crippen LogP contribution in [0.1, 0.15) is 41.5 Å². The molecule has 0 aromatic carbocycles. The van der Waals surface area contributed by atoms with Crippen molar-refractivity contribution >= 4 is 0 Å². The van der Waals surface area contributed by atoms with Gasteiger partial charge in [0, 0.05) is 0 Å². The highest BCUT2D eigenvalue weighted by Crippen LogP contribution is 2.16. The Hall–Kier alpha value is -0.260. The van der Waals surface area contributed by atoms with Crippen LogP contribution in [0.15, 0.2) is 12.2 Å². The first-order chi connectivity index (χ1) is 5.45. The van der Waals surface area contributed by atoms with E-state index in [0.29, 0.717) is 11.8 Å². The molecule has 12 heavy (non-hydrogen) atoms. The van der Waals surface area contributed by atoms with Gasteiger partial charge in [-0.2, -0.15) is 0 Å². The molecule has 0 nitrogen and oxygen atoms in total. The van der Waals surface area contributed by atoms with Gasteiger partial charge in [-0.25, -0.2) is 0 Å². The largest absolute Gasteiger partial charge is 0.0852 e. The smallest absolute Gasteiger partial charge is 0.0239 e. The number of allylic oxidation sites excluding steroid dienone is 2. The molecule has 0 saturated heterocycles. The average molecular weight is 168 g/mol. The fraction of sp³-hybridized carbons (Fsp3) is 0.833. The van der Waals surface area contributed by atoms with Gasteiger partial charge in [0.25, 0.3) is 0 Å². The Balaban J connectivity index is 3.89. The van der Waals surface area contributed by atoms with Crippen molar-refractivity contribution in [3.05, 3.63) is 12.2 Å². The van der Waals surface area contributed by atoms with E-state index >= 15 is 0 Å². The maximum atomic E-state index is 2.36. The van der Waals surface area contributed by atoms with Crippen molar-refractivity contribution in [3.8, 4) is 0 Å². The first-order valence-electron chi connectivity index (χ1n) is 5.13. The quantitative estimate of drug-likeness (QED) is 0.554. The summed E-state index contributed by atoms with van der Waals surface area (Å²) >= 11 is 0. The predicted molar refractivity (Wildman–Crippen MR) is 57.1 cm³/mol. The maximum absolute atomic E-state index is 2.36. The van der Waals surface area contributed by atoms with E-state index in [9.17, 15) is 0 Å². The second-order valence-electron chi connectivity index (χ2n) is 4.59. The van der Waals surface area contributed by atoms with Gasteiger partial charge in [-0.1, -0.05) is 53.7 Å². The fourth-order valence-corrected chi connectivity index (χ4v) is 0.795. The van der Waals surface area contributed by atoms with Crippen molar-refractivity contribution in [2.45, 2.75) is 41.5 Å². The van der Waals surface area contributed by atoms with Gasteiger partial charge in [0.05, 0.1) is 0 Å². The Kier molecular flexibility index (Phi) is 5.28. The van der Waals surface area contributed by atoms with E-state index in [1.54, 1.807) is 0 Å². The summed E-state index contributed by atoms with van der Waals surface area (Å²) in [5.74, 6) is 2.96. The Morgan fingerprint density at radius 2 is 0.833 bits per heavy atom.